The van der Waals surface area contributed by atoms with Crippen molar-refractivity contribution in [2.45, 2.75) is 13.1 Å². The van der Waals surface area contributed by atoms with Crippen LogP contribution in [0.25, 0.3) is 0 Å². The lowest BCUT2D eigenvalue weighted by molar-refractivity contribution is 0.0947. The van der Waals surface area contributed by atoms with Gasteiger partial charge in [0.2, 0.25) is 11.9 Å². The highest BCUT2D eigenvalue weighted by atomic mass is 35.5. The molecule has 7 nitrogen and oxygen atoms in total. The molecular weight excluding hydrogens is 461 g/mol. The number of halogens is 2. The Balaban J connectivity index is 1.57. The fourth-order valence-electron chi connectivity index (χ4n) is 3.15. The van der Waals surface area contributed by atoms with E-state index in [0.717, 1.165) is 11.1 Å². The summed E-state index contributed by atoms with van der Waals surface area (Å²) < 4.78 is 6.42. The molecule has 168 valence electrons. The minimum atomic E-state index is -0.324. The summed E-state index contributed by atoms with van der Waals surface area (Å²) in [6.45, 7) is 0.873. The number of nitrogens with one attached hydrogen (secondary N) is 2. The number of nitrogens with zero attached hydrogens (tertiary/aromatic N) is 3. The minimum Gasteiger partial charge on any atom is -0.497 e. The number of rotatable bonds is 8. The average Bonchev–Trinajstić information content (AvgIpc) is 3.24. The van der Waals surface area contributed by atoms with Gasteiger partial charge in [-0.05, 0) is 59.7 Å². The van der Waals surface area contributed by atoms with Gasteiger partial charge in [-0.15, -0.1) is 5.10 Å². The van der Waals surface area contributed by atoms with Crippen molar-refractivity contribution in [2.75, 3.05) is 17.7 Å². The second kappa shape index (κ2) is 10.4. The van der Waals surface area contributed by atoms with E-state index >= 15 is 0 Å². The number of aromatic nitrogens is 3. The third-order valence-corrected chi connectivity index (χ3v) is 5.29. The van der Waals surface area contributed by atoms with Crippen molar-refractivity contribution in [3.8, 4) is 5.75 Å². The van der Waals surface area contributed by atoms with E-state index in [4.69, 9.17) is 27.9 Å². The topological polar surface area (TPSA) is 81.1 Å². The van der Waals surface area contributed by atoms with Gasteiger partial charge in [0.1, 0.15) is 5.75 Å². The summed E-state index contributed by atoms with van der Waals surface area (Å²) in [7, 11) is 1.57. The largest absolute Gasteiger partial charge is 0.497 e. The predicted molar refractivity (Wildman–Crippen MR) is 130 cm³/mol. The first-order valence-corrected chi connectivity index (χ1v) is 10.9. The van der Waals surface area contributed by atoms with Gasteiger partial charge in [-0.25, -0.2) is 0 Å². The minimum absolute atomic E-state index is 0.310. The zero-order valence-corrected chi connectivity index (χ0v) is 19.3. The summed E-state index contributed by atoms with van der Waals surface area (Å²) in [6, 6.07) is 21.7. The number of carbonyl (C=O) groups is 1. The molecule has 0 aliphatic heterocycles. The second-order valence-corrected chi connectivity index (χ2v) is 8.04. The molecule has 0 spiro atoms. The molecule has 0 atom stereocenters. The normalized spacial score (nSPS) is 10.6. The van der Waals surface area contributed by atoms with Crippen molar-refractivity contribution < 1.29 is 9.53 Å². The number of methoxy groups -OCH3 is 1. The zero-order chi connectivity index (χ0) is 23.2. The number of hydrogen-bond donors (Lipinski definition) is 2. The Morgan fingerprint density at radius 3 is 2.09 bits per heavy atom. The molecule has 0 fully saturated rings. The molecule has 0 amide bonds. The zero-order valence-electron chi connectivity index (χ0n) is 17.8. The number of benzene rings is 3. The second-order valence-electron chi connectivity index (χ2n) is 7.17. The molecule has 4 aromatic rings. The molecule has 33 heavy (non-hydrogen) atoms. The summed E-state index contributed by atoms with van der Waals surface area (Å²) in [5.41, 5.74) is 2.36. The van der Waals surface area contributed by atoms with Crippen molar-refractivity contribution in [1.82, 2.24) is 14.8 Å². The van der Waals surface area contributed by atoms with Crippen LogP contribution in [0.15, 0.2) is 72.8 Å². The quantitative estimate of drug-likeness (QED) is 0.345. The van der Waals surface area contributed by atoms with Crippen molar-refractivity contribution in [1.29, 1.82) is 0 Å². The van der Waals surface area contributed by atoms with Crippen LogP contribution in [-0.2, 0) is 13.1 Å². The Morgan fingerprint density at radius 2 is 1.52 bits per heavy atom. The fourth-order valence-corrected chi connectivity index (χ4v) is 3.58. The van der Waals surface area contributed by atoms with E-state index in [1.165, 1.54) is 4.68 Å². The molecule has 9 heteroatoms. The molecule has 0 bridgehead atoms. The summed E-state index contributed by atoms with van der Waals surface area (Å²) in [4.78, 5) is 17.7. The molecule has 3 aromatic carbocycles. The first kappa shape index (κ1) is 22.6. The molecular formula is C24H21Cl2N5O2. The van der Waals surface area contributed by atoms with Crippen LogP contribution in [0.1, 0.15) is 21.5 Å². The maximum Gasteiger partial charge on any atom is 0.281 e. The van der Waals surface area contributed by atoms with E-state index in [9.17, 15) is 4.79 Å². The lowest BCUT2D eigenvalue weighted by Gasteiger charge is -2.08. The van der Waals surface area contributed by atoms with Crippen LogP contribution in [0.4, 0.5) is 11.9 Å². The van der Waals surface area contributed by atoms with Crippen molar-refractivity contribution in [3.63, 3.8) is 0 Å². The van der Waals surface area contributed by atoms with E-state index in [1.807, 2.05) is 42.5 Å². The van der Waals surface area contributed by atoms with Gasteiger partial charge >= 0.3 is 0 Å². The van der Waals surface area contributed by atoms with Crippen LogP contribution in [-0.4, -0.2) is 27.8 Å². The first-order valence-electron chi connectivity index (χ1n) is 10.1. The molecule has 0 saturated carbocycles. The highest BCUT2D eigenvalue weighted by Gasteiger charge is 2.18. The Labute approximate surface area is 201 Å². The lowest BCUT2D eigenvalue weighted by atomic mass is 10.2. The van der Waals surface area contributed by atoms with E-state index in [-0.39, 0.29) is 5.91 Å². The molecule has 1 heterocycles. The molecule has 0 aliphatic carbocycles. The summed E-state index contributed by atoms with van der Waals surface area (Å²) in [6.07, 6.45) is 0. The van der Waals surface area contributed by atoms with Gasteiger partial charge in [0.25, 0.3) is 5.91 Å². The SMILES string of the molecule is COc1ccc(C(=O)n2nc(NCc3cccc(Cl)c3)nc2NCc2cccc(Cl)c2)cc1. The monoisotopic (exact) mass is 481 g/mol. The average molecular weight is 482 g/mol. The van der Waals surface area contributed by atoms with Gasteiger partial charge in [0.05, 0.1) is 7.11 Å². The fraction of sp³-hybridized carbons (Fsp3) is 0.125. The highest BCUT2D eigenvalue weighted by molar-refractivity contribution is 6.30. The van der Waals surface area contributed by atoms with Gasteiger partial charge in [-0.3, -0.25) is 4.79 Å². The summed E-state index contributed by atoms with van der Waals surface area (Å²) >= 11 is 12.1. The molecule has 0 saturated heterocycles. The van der Waals surface area contributed by atoms with Crippen LogP contribution in [0.2, 0.25) is 10.0 Å². The Bertz CT molecular complexity index is 1260. The highest BCUT2D eigenvalue weighted by Crippen LogP contribution is 2.18. The third-order valence-electron chi connectivity index (χ3n) is 4.82. The molecule has 0 aliphatic rings. The van der Waals surface area contributed by atoms with Gasteiger partial charge in [0, 0.05) is 28.7 Å². The summed E-state index contributed by atoms with van der Waals surface area (Å²) in [5.74, 6) is 0.956. The van der Waals surface area contributed by atoms with Crippen molar-refractivity contribution in [2.24, 2.45) is 0 Å². The van der Waals surface area contributed by atoms with Crippen LogP contribution in [0.5, 0.6) is 5.75 Å². The first-order chi connectivity index (χ1) is 16.0. The maximum atomic E-state index is 13.2. The Kier molecular flexibility index (Phi) is 7.12. The van der Waals surface area contributed by atoms with Crippen LogP contribution in [0, 0.1) is 0 Å². The standard InChI is InChI=1S/C24H21Cl2N5O2/c1-33-21-10-8-18(9-11-21)22(32)31-24(28-15-17-5-3-7-20(26)13-17)29-23(30-31)27-14-16-4-2-6-19(25)12-16/h2-13H,14-15H2,1H3,(H2,27,28,29,30). The molecule has 4 rings (SSSR count). The Morgan fingerprint density at radius 1 is 0.909 bits per heavy atom. The number of hydrogen-bond acceptors (Lipinski definition) is 6. The number of carbonyl (C=O) groups excluding carboxylic acids is 1. The number of anilines is 2. The van der Waals surface area contributed by atoms with Gasteiger partial charge < -0.3 is 15.4 Å². The van der Waals surface area contributed by atoms with Crippen LogP contribution < -0.4 is 15.4 Å². The van der Waals surface area contributed by atoms with Crippen LogP contribution >= 0.6 is 23.2 Å². The van der Waals surface area contributed by atoms with Gasteiger partial charge in [0.15, 0.2) is 0 Å². The van der Waals surface area contributed by atoms with Gasteiger partial charge in [-0.2, -0.15) is 9.67 Å². The van der Waals surface area contributed by atoms with Crippen molar-refractivity contribution in [3.05, 3.63) is 99.5 Å². The molecule has 0 radical (unpaired) electrons. The van der Waals surface area contributed by atoms with Crippen molar-refractivity contribution >= 4 is 41.0 Å². The maximum absolute atomic E-state index is 13.2. The van der Waals surface area contributed by atoms with E-state index in [2.05, 4.69) is 20.7 Å². The lowest BCUT2D eigenvalue weighted by Crippen LogP contribution is -2.17. The van der Waals surface area contributed by atoms with E-state index in [1.54, 1.807) is 37.4 Å². The predicted octanol–water partition coefficient (Wildman–Crippen LogP) is 5.51. The number of ether oxygens (including phenoxy) is 1. The third kappa shape index (κ3) is 5.83. The van der Waals surface area contributed by atoms with Crippen LogP contribution in [0.3, 0.4) is 0 Å². The summed E-state index contributed by atoms with van der Waals surface area (Å²) in [5, 5.41) is 12.0. The van der Waals surface area contributed by atoms with E-state index < -0.39 is 0 Å². The smallest absolute Gasteiger partial charge is 0.281 e. The Hall–Kier alpha value is -3.55. The molecule has 0 unspecified atom stereocenters. The van der Waals surface area contributed by atoms with Gasteiger partial charge in [-0.1, -0.05) is 47.5 Å². The van der Waals surface area contributed by atoms with E-state index in [0.29, 0.717) is 46.3 Å². The molecule has 2 N–H and O–H groups in total. The molecule has 1 aromatic heterocycles.